The van der Waals surface area contributed by atoms with Gasteiger partial charge in [0.2, 0.25) is 11.8 Å². The first-order valence-corrected chi connectivity index (χ1v) is 12.8. The summed E-state index contributed by atoms with van der Waals surface area (Å²) in [6.07, 6.45) is 0.372. The van der Waals surface area contributed by atoms with E-state index in [9.17, 15) is 29.4 Å². The molecule has 7 atom stereocenters. The zero-order valence-electron chi connectivity index (χ0n) is 18.1. The molecular weight excluding hydrogens is 480 g/mol. The lowest BCUT2D eigenvalue weighted by Crippen LogP contribution is -2.42. The number of benzene rings is 1. The molecule has 1 aromatic heterocycles. The van der Waals surface area contributed by atoms with Crippen LogP contribution in [0.15, 0.2) is 28.0 Å². The van der Waals surface area contributed by atoms with E-state index in [0.29, 0.717) is 5.75 Å². The van der Waals surface area contributed by atoms with Gasteiger partial charge in [0.1, 0.15) is 0 Å². The summed E-state index contributed by atoms with van der Waals surface area (Å²) < 4.78 is 5.32. The van der Waals surface area contributed by atoms with Crippen LogP contribution in [0.4, 0.5) is 0 Å². The Bertz CT molecular complexity index is 1290. The van der Waals surface area contributed by atoms with Gasteiger partial charge in [0, 0.05) is 35.0 Å². The van der Waals surface area contributed by atoms with Gasteiger partial charge in [0.05, 0.1) is 24.0 Å². The van der Waals surface area contributed by atoms with E-state index in [0.717, 1.165) is 38.1 Å². The number of carboxylic acid groups (broad SMARTS) is 1. The van der Waals surface area contributed by atoms with Crippen LogP contribution in [-0.2, 0) is 14.4 Å². The van der Waals surface area contributed by atoms with Gasteiger partial charge in [-0.25, -0.2) is 0 Å². The quantitative estimate of drug-likeness (QED) is 0.573. The summed E-state index contributed by atoms with van der Waals surface area (Å²) in [7, 11) is 1.48. The summed E-state index contributed by atoms with van der Waals surface area (Å²) in [6, 6.07) is 5.17. The molecule has 2 bridgehead atoms. The summed E-state index contributed by atoms with van der Waals surface area (Å²) in [5.41, 5.74) is 0.885. The third-order valence-corrected chi connectivity index (χ3v) is 10.5. The highest BCUT2D eigenvalue weighted by Gasteiger charge is 2.69. The minimum atomic E-state index is -1.29. The smallest absolute Gasteiger partial charge is 0.305 e. The maximum Gasteiger partial charge on any atom is 0.305 e. The lowest BCUT2D eigenvalue weighted by atomic mass is 9.68. The molecule has 1 saturated heterocycles. The molecular formula is C23H21N2O7S2-. The number of methoxy groups -OCH3 is 1. The number of aromatic nitrogens is 1. The van der Waals surface area contributed by atoms with Gasteiger partial charge in [-0.3, -0.25) is 19.3 Å². The Kier molecular flexibility index (Phi) is 4.86. The molecule has 2 aliphatic carbocycles. The molecule has 6 rings (SSSR count). The number of carbonyl (C=O) groups is 3. The second-order valence-corrected chi connectivity index (χ2v) is 11.5. The molecule has 9 nitrogen and oxygen atoms in total. The number of aromatic hydroxyl groups is 1. The van der Waals surface area contributed by atoms with Crippen LogP contribution in [0.25, 0.3) is 0 Å². The first kappa shape index (κ1) is 21.7. The third-order valence-electron chi connectivity index (χ3n) is 7.92. The van der Waals surface area contributed by atoms with E-state index in [4.69, 9.17) is 4.74 Å². The number of phenolic OH excluding ortho intramolecular Hbond substituents is 1. The van der Waals surface area contributed by atoms with Crippen molar-refractivity contribution in [2.75, 3.05) is 13.7 Å². The Balaban J connectivity index is 1.42. The Hall–Kier alpha value is -2.79. The van der Waals surface area contributed by atoms with Crippen molar-refractivity contribution in [2.24, 2.45) is 29.6 Å². The number of carbonyl (C=O) groups excluding carboxylic acids is 3. The fourth-order valence-electron chi connectivity index (χ4n) is 6.76. The Morgan fingerprint density at radius 3 is 2.68 bits per heavy atom. The molecule has 0 radical (unpaired) electrons. The Morgan fingerprint density at radius 2 is 1.97 bits per heavy atom. The van der Waals surface area contributed by atoms with Crippen LogP contribution in [0.5, 0.6) is 11.5 Å². The summed E-state index contributed by atoms with van der Waals surface area (Å²) in [4.78, 5) is 54.5. The lowest BCUT2D eigenvalue weighted by Gasteiger charge is -2.43. The summed E-state index contributed by atoms with van der Waals surface area (Å²) in [6.45, 7) is -0.159. The average molecular weight is 502 g/mol. The lowest BCUT2D eigenvalue weighted by molar-refractivity contribution is -0.305. The molecule has 2 aliphatic heterocycles. The molecule has 1 aromatic carbocycles. The molecule has 2 amide bonds. The van der Waals surface area contributed by atoms with Crippen LogP contribution in [0.3, 0.4) is 0 Å². The van der Waals surface area contributed by atoms with Crippen molar-refractivity contribution in [3.05, 3.63) is 38.3 Å². The van der Waals surface area contributed by atoms with Crippen molar-refractivity contribution in [2.45, 2.75) is 29.0 Å². The SMILES string of the molecule is COc1cc(C2c3sc(=O)[nH]c3SC3C4CC(C5C(=O)N(CCC(=O)[O-])C(=O)C45)C23)ccc1O. The second-order valence-electron chi connectivity index (χ2n) is 9.34. The average Bonchev–Trinajstić information content (AvgIpc) is 3.52. The molecule has 2 aromatic rings. The predicted molar refractivity (Wildman–Crippen MR) is 119 cm³/mol. The molecule has 11 heteroatoms. The highest BCUT2D eigenvalue weighted by atomic mass is 32.2. The number of H-pyrrole nitrogens is 1. The van der Waals surface area contributed by atoms with Gasteiger partial charge in [-0.2, -0.15) is 0 Å². The zero-order valence-corrected chi connectivity index (χ0v) is 19.7. The van der Waals surface area contributed by atoms with Crippen LogP contribution in [0.2, 0.25) is 0 Å². The number of ether oxygens (including phenoxy) is 1. The number of thiazole rings is 1. The molecule has 34 heavy (non-hydrogen) atoms. The van der Waals surface area contributed by atoms with Gasteiger partial charge in [0.25, 0.3) is 0 Å². The van der Waals surface area contributed by atoms with Gasteiger partial charge in [0.15, 0.2) is 11.5 Å². The van der Waals surface area contributed by atoms with Crippen molar-refractivity contribution in [3.8, 4) is 11.5 Å². The highest BCUT2D eigenvalue weighted by Crippen LogP contribution is 2.68. The monoisotopic (exact) mass is 501 g/mol. The van der Waals surface area contributed by atoms with Crippen molar-refractivity contribution in [1.29, 1.82) is 0 Å². The normalized spacial score (nSPS) is 33.1. The Morgan fingerprint density at radius 1 is 1.24 bits per heavy atom. The van der Waals surface area contributed by atoms with Crippen molar-refractivity contribution >= 4 is 40.9 Å². The molecule has 0 spiro atoms. The van der Waals surface area contributed by atoms with E-state index >= 15 is 0 Å². The number of aromatic amines is 1. The van der Waals surface area contributed by atoms with Crippen molar-refractivity contribution in [1.82, 2.24) is 9.88 Å². The number of aliphatic carboxylic acids is 1. The number of hydrogen-bond donors (Lipinski definition) is 2. The van der Waals surface area contributed by atoms with E-state index in [-0.39, 0.29) is 64.3 Å². The number of likely N-dealkylation sites (tertiary alicyclic amines) is 1. The molecule has 2 N–H and O–H groups in total. The molecule has 178 valence electrons. The zero-order chi connectivity index (χ0) is 23.9. The number of rotatable bonds is 5. The van der Waals surface area contributed by atoms with Gasteiger partial charge in [-0.1, -0.05) is 17.4 Å². The van der Waals surface area contributed by atoms with E-state index in [1.807, 2.05) is 6.07 Å². The van der Waals surface area contributed by atoms with E-state index in [1.165, 1.54) is 7.11 Å². The molecule has 3 fully saturated rings. The van der Waals surface area contributed by atoms with E-state index in [1.54, 1.807) is 23.9 Å². The van der Waals surface area contributed by atoms with Crippen LogP contribution in [0.1, 0.15) is 29.2 Å². The molecule has 7 unspecified atom stereocenters. The summed E-state index contributed by atoms with van der Waals surface area (Å²) in [5, 5.41) is 21.9. The number of carboxylic acids is 1. The van der Waals surface area contributed by atoms with Crippen molar-refractivity contribution < 1.29 is 29.3 Å². The van der Waals surface area contributed by atoms with Crippen LogP contribution >= 0.6 is 23.1 Å². The standard InChI is InChI=1S/C23H22N2O7S2/c1-32-12-6-8(2-3-11(12)26)14-15-9-7-10(18(15)33-20-19(14)34-23(31)24-20)17-16(9)21(29)25(22(17)30)5-4-13(27)28/h2-3,6,9-10,14-18,26H,4-5,7H2,1H3,(H,24,31)(H,27,28)/p-1. The molecule has 2 saturated carbocycles. The predicted octanol–water partition coefficient (Wildman–Crippen LogP) is 0.764. The fraction of sp³-hybridized carbons (Fsp3) is 0.478. The summed E-state index contributed by atoms with van der Waals surface area (Å²) >= 11 is 2.74. The van der Waals surface area contributed by atoms with Crippen LogP contribution in [0, 0.1) is 29.6 Å². The van der Waals surface area contributed by atoms with Gasteiger partial charge in [-0.15, -0.1) is 11.8 Å². The number of nitrogens with zero attached hydrogens (tertiary/aromatic N) is 1. The number of thioether (sulfide) groups is 1. The Labute approximate surface area is 202 Å². The maximum atomic E-state index is 13.3. The van der Waals surface area contributed by atoms with Crippen molar-refractivity contribution in [3.63, 3.8) is 0 Å². The molecule has 3 heterocycles. The second kappa shape index (κ2) is 7.61. The fourth-order valence-corrected chi connectivity index (χ4v) is 9.65. The van der Waals surface area contributed by atoms with E-state index < -0.39 is 17.8 Å². The van der Waals surface area contributed by atoms with Gasteiger partial charge in [-0.05, 0) is 41.9 Å². The third kappa shape index (κ3) is 2.92. The maximum absolute atomic E-state index is 13.3. The number of imide groups is 1. The first-order chi connectivity index (χ1) is 16.3. The number of phenols is 1. The first-order valence-electron chi connectivity index (χ1n) is 11.1. The topological polar surface area (TPSA) is 140 Å². The van der Waals surface area contributed by atoms with E-state index in [2.05, 4.69) is 4.98 Å². The minimum Gasteiger partial charge on any atom is -0.550 e. The molecule has 4 aliphatic rings. The number of hydrogen-bond acceptors (Lipinski definition) is 9. The minimum absolute atomic E-state index is 0.0160. The van der Waals surface area contributed by atoms with Gasteiger partial charge < -0.3 is 24.7 Å². The number of nitrogens with one attached hydrogen (secondary N) is 1. The van der Waals surface area contributed by atoms with Crippen LogP contribution in [-0.4, -0.2) is 51.7 Å². The highest BCUT2D eigenvalue weighted by molar-refractivity contribution is 8.00. The number of amides is 2. The summed E-state index contributed by atoms with van der Waals surface area (Å²) in [5.74, 6) is -2.70. The van der Waals surface area contributed by atoms with Crippen LogP contribution < -0.4 is 14.7 Å². The number of fused-ring (bicyclic) bond motifs is 9. The largest absolute Gasteiger partial charge is 0.550 e. The van der Waals surface area contributed by atoms with Gasteiger partial charge >= 0.3 is 4.87 Å².